The molecule has 0 saturated carbocycles. The van der Waals surface area contributed by atoms with Crippen LogP contribution in [0.25, 0.3) is 11.0 Å². The number of para-hydroxylation sites is 2. The summed E-state index contributed by atoms with van der Waals surface area (Å²) in [4.78, 5) is 28.6. The van der Waals surface area contributed by atoms with Crippen LogP contribution in [0.3, 0.4) is 0 Å². The highest BCUT2D eigenvalue weighted by Crippen LogP contribution is 2.21. The van der Waals surface area contributed by atoms with E-state index in [1.807, 2.05) is 66.9 Å². The Morgan fingerprint density at radius 3 is 2.50 bits per heavy atom. The van der Waals surface area contributed by atoms with E-state index < -0.39 is 0 Å². The molecule has 1 atom stereocenters. The van der Waals surface area contributed by atoms with Gasteiger partial charge in [0.1, 0.15) is 12.4 Å². The van der Waals surface area contributed by atoms with Crippen molar-refractivity contribution in [2.45, 2.75) is 33.4 Å². The molecule has 6 heteroatoms. The second kappa shape index (κ2) is 7.39. The van der Waals surface area contributed by atoms with Gasteiger partial charge in [-0.1, -0.05) is 29.8 Å². The molecule has 1 unspecified atom stereocenters. The second-order valence-corrected chi connectivity index (χ2v) is 6.38. The number of aromatic nitrogens is 2. The lowest BCUT2D eigenvalue weighted by atomic mass is 10.2. The summed E-state index contributed by atoms with van der Waals surface area (Å²) in [5, 5.41) is 5.74. The average molecular weight is 350 g/mol. The third-order valence-electron chi connectivity index (χ3n) is 4.13. The normalized spacial score (nSPS) is 12.0. The molecular formula is C20H22N4O2. The summed E-state index contributed by atoms with van der Waals surface area (Å²) in [7, 11) is 0. The smallest absolute Gasteiger partial charge is 0.244 e. The zero-order chi connectivity index (χ0) is 18.7. The Labute approximate surface area is 152 Å². The predicted octanol–water partition coefficient (Wildman–Crippen LogP) is 3.18. The largest absolute Gasteiger partial charge is 0.347 e. The molecule has 0 saturated heterocycles. The van der Waals surface area contributed by atoms with Crippen LogP contribution in [0, 0.1) is 6.92 Å². The zero-order valence-corrected chi connectivity index (χ0v) is 15.1. The van der Waals surface area contributed by atoms with Crippen molar-refractivity contribution >= 4 is 28.5 Å². The molecule has 26 heavy (non-hydrogen) atoms. The van der Waals surface area contributed by atoms with Crippen molar-refractivity contribution in [1.82, 2.24) is 14.9 Å². The molecule has 1 heterocycles. The number of nitrogens with zero attached hydrogens (tertiary/aromatic N) is 2. The van der Waals surface area contributed by atoms with Crippen LogP contribution in [0.1, 0.15) is 31.3 Å². The number of fused-ring (bicyclic) bond motifs is 1. The van der Waals surface area contributed by atoms with E-state index in [4.69, 9.17) is 0 Å². The van der Waals surface area contributed by atoms with E-state index in [0.29, 0.717) is 5.82 Å². The van der Waals surface area contributed by atoms with Gasteiger partial charge >= 0.3 is 0 Å². The molecule has 0 bridgehead atoms. The molecule has 2 amide bonds. The Kier molecular flexibility index (Phi) is 5.02. The molecule has 0 spiro atoms. The minimum atomic E-state index is -0.299. The molecule has 0 fully saturated rings. The van der Waals surface area contributed by atoms with E-state index in [1.54, 1.807) is 0 Å². The van der Waals surface area contributed by atoms with Crippen LogP contribution in [0.2, 0.25) is 0 Å². The highest BCUT2D eigenvalue weighted by atomic mass is 16.2. The summed E-state index contributed by atoms with van der Waals surface area (Å²) in [6.07, 6.45) is 0. The molecule has 2 aromatic carbocycles. The van der Waals surface area contributed by atoms with Gasteiger partial charge in [0.05, 0.1) is 17.1 Å². The quantitative estimate of drug-likeness (QED) is 0.742. The van der Waals surface area contributed by atoms with Crippen molar-refractivity contribution in [1.29, 1.82) is 0 Å². The Hall–Kier alpha value is -3.15. The molecule has 0 aliphatic heterocycles. The summed E-state index contributed by atoms with van der Waals surface area (Å²) >= 11 is 0. The fraction of sp³-hybridized carbons (Fsp3) is 0.250. The Morgan fingerprint density at radius 2 is 1.81 bits per heavy atom. The number of aryl methyl sites for hydroxylation is 1. The molecule has 6 nitrogen and oxygen atoms in total. The minimum Gasteiger partial charge on any atom is -0.347 e. The number of hydrogen-bond donors (Lipinski definition) is 2. The van der Waals surface area contributed by atoms with E-state index in [-0.39, 0.29) is 24.4 Å². The minimum absolute atomic E-state index is 0.119. The topological polar surface area (TPSA) is 76.0 Å². The van der Waals surface area contributed by atoms with Crippen LogP contribution in [0.5, 0.6) is 0 Å². The summed E-state index contributed by atoms with van der Waals surface area (Å²) in [5.74, 6) is 0.369. The van der Waals surface area contributed by atoms with Gasteiger partial charge in [-0.3, -0.25) is 9.59 Å². The highest BCUT2D eigenvalue weighted by molar-refractivity contribution is 5.91. The van der Waals surface area contributed by atoms with Crippen LogP contribution in [0.4, 0.5) is 5.69 Å². The zero-order valence-electron chi connectivity index (χ0n) is 15.1. The standard InChI is InChI=1S/C20H22N4O2/c1-13-8-10-16(11-9-13)22-19(26)12-24-18-7-5-4-6-17(18)23-20(24)14(2)21-15(3)25/h4-11,14H,12H2,1-3H3,(H,21,25)(H,22,26). The van der Waals surface area contributed by atoms with Gasteiger partial charge in [-0.2, -0.15) is 0 Å². The maximum Gasteiger partial charge on any atom is 0.244 e. The number of anilines is 1. The average Bonchev–Trinajstić information content (AvgIpc) is 2.95. The molecular weight excluding hydrogens is 328 g/mol. The molecule has 1 aromatic heterocycles. The van der Waals surface area contributed by atoms with E-state index in [1.165, 1.54) is 6.92 Å². The lowest BCUT2D eigenvalue weighted by molar-refractivity contribution is -0.119. The lowest BCUT2D eigenvalue weighted by Gasteiger charge is -2.15. The Morgan fingerprint density at radius 1 is 1.12 bits per heavy atom. The Bertz CT molecular complexity index is 944. The van der Waals surface area contributed by atoms with E-state index in [2.05, 4.69) is 15.6 Å². The first-order valence-corrected chi connectivity index (χ1v) is 8.53. The molecule has 3 rings (SSSR count). The number of imidazole rings is 1. The van der Waals surface area contributed by atoms with Crippen molar-refractivity contribution in [3.05, 3.63) is 59.9 Å². The summed E-state index contributed by atoms with van der Waals surface area (Å²) in [6, 6.07) is 15.0. The van der Waals surface area contributed by atoms with Crippen molar-refractivity contribution in [2.75, 3.05) is 5.32 Å². The maximum absolute atomic E-state index is 12.6. The molecule has 134 valence electrons. The summed E-state index contributed by atoms with van der Waals surface area (Å²) < 4.78 is 1.85. The van der Waals surface area contributed by atoms with Crippen molar-refractivity contribution in [3.63, 3.8) is 0 Å². The van der Waals surface area contributed by atoms with E-state index >= 15 is 0 Å². The SMILES string of the molecule is CC(=O)NC(C)c1nc2ccccc2n1CC(=O)Nc1ccc(C)cc1. The van der Waals surface area contributed by atoms with E-state index in [0.717, 1.165) is 22.3 Å². The van der Waals surface area contributed by atoms with Gasteiger partial charge in [-0.05, 0) is 38.1 Å². The monoisotopic (exact) mass is 350 g/mol. The van der Waals surface area contributed by atoms with Crippen molar-refractivity contribution in [3.8, 4) is 0 Å². The number of amides is 2. The van der Waals surface area contributed by atoms with Gasteiger partial charge in [-0.25, -0.2) is 4.98 Å². The van der Waals surface area contributed by atoms with Crippen LogP contribution < -0.4 is 10.6 Å². The molecule has 0 radical (unpaired) electrons. The number of benzene rings is 2. The lowest BCUT2D eigenvalue weighted by Crippen LogP contribution is -2.28. The molecule has 0 aliphatic carbocycles. The van der Waals surface area contributed by atoms with Gasteiger partial charge in [0, 0.05) is 12.6 Å². The number of rotatable bonds is 5. The van der Waals surface area contributed by atoms with Gasteiger partial charge in [-0.15, -0.1) is 0 Å². The number of carbonyl (C=O) groups excluding carboxylic acids is 2. The highest BCUT2D eigenvalue weighted by Gasteiger charge is 2.19. The number of hydrogen-bond acceptors (Lipinski definition) is 3. The van der Waals surface area contributed by atoms with Crippen LogP contribution in [0.15, 0.2) is 48.5 Å². The second-order valence-electron chi connectivity index (χ2n) is 6.38. The molecule has 0 aliphatic rings. The third-order valence-corrected chi connectivity index (χ3v) is 4.13. The van der Waals surface area contributed by atoms with E-state index in [9.17, 15) is 9.59 Å². The van der Waals surface area contributed by atoms with Crippen LogP contribution >= 0.6 is 0 Å². The van der Waals surface area contributed by atoms with Crippen molar-refractivity contribution < 1.29 is 9.59 Å². The first-order chi connectivity index (χ1) is 12.4. The fourth-order valence-corrected chi connectivity index (χ4v) is 2.94. The summed E-state index contributed by atoms with van der Waals surface area (Å²) in [5.41, 5.74) is 3.54. The first-order valence-electron chi connectivity index (χ1n) is 8.53. The molecule has 3 aromatic rings. The third kappa shape index (κ3) is 3.91. The van der Waals surface area contributed by atoms with Gasteiger partial charge in [0.25, 0.3) is 0 Å². The Balaban J connectivity index is 1.88. The van der Waals surface area contributed by atoms with Gasteiger partial charge in [0.15, 0.2) is 0 Å². The maximum atomic E-state index is 12.6. The number of nitrogens with one attached hydrogen (secondary N) is 2. The molecule has 2 N–H and O–H groups in total. The van der Waals surface area contributed by atoms with Gasteiger partial charge in [0.2, 0.25) is 11.8 Å². The predicted molar refractivity (Wildman–Crippen MR) is 102 cm³/mol. The number of carbonyl (C=O) groups is 2. The van der Waals surface area contributed by atoms with Gasteiger partial charge < -0.3 is 15.2 Å². The van der Waals surface area contributed by atoms with Crippen LogP contribution in [-0.4, -0.2) is 21.4 Å². The first kappa shape index (κ1) is 17.7. The summed E-state index contributed by atoms with van der Waals surface area (Å²) in [6.45, 7) is 5.44. The van der Waals surface area contributed by atoms with Crippen LogP contribution in [-0.2, 0) is 16.1 Å². The fourth-order valence-electron chi connectivity index (χ4n) is 2.94. The van der Waals surface area contributed by atoms with Crippen molar-refractivity contribution in [2.24, 2.45) is 0 Å².